The molecule has 12 heavy (non-hydrogen) atoms. The van der Waals surface area contributed by atoms with E-state index in [1.165, 1.54) is 0 Å². The molecule has 1 aromatic carbocycles. The van der Waals surface area contributed by atoms with E-state index in [2.05, 4.69) is 20.9 Å². The molecule has 1 rings (SSSR count). The second-order valence-electron chi connectivity index (χ2n) is 2.73. The van der Waals surface area contributed by atoms with Crippen LogP contribution in [0.25, 0.3) is 0 Å². The summed E-state index contributed by atoms with van der Waals surface area (Å²) in [6.45, 7) is 3.60. The maximum absolute atomic E-state index is 11.9. The van der Waals surface area contributed by atoms with Gasteiger partial charge in [0.2, 0.25) is 0 Å². The zero-order chi connectivity index (χ0) is 9.14. The summed E-state index contributed by atoms with van der Waals surface area (Å²) in [5, 5.41) is 0. The lowest BCUT2D eigenvalue weighted by molar-refractivity contribution is -0.175. The molecular formula is C9H10BrFO. The second kappa shape index (κ2) is 4.01. The van der Waals surface area contributed by atoms with Gasteiger partial charge in [-0.3, -0.25) is 0 Å². The van der Waals surface area contributed by atoms with Crippen molar-refractivity contribution >= 4 is 15.9 Å². The largest absolute Gasteiger partial charge is 0.186 e. The van der Waals surface area contributed by atoms with Gasteiger partial charge in [-0.2, -0.15) is 4.94 Å². The highest BCUT2D eigenvalue weighted by Crippen LogP contribution is 2.24. The summed E-state index contributed by atoms with van der Waals surface area (Å²) in [6, 6.07) is 5.71. The van der Waals surface area contributed by atoms with Crippen LogP contribution in [0.2, 0.25) is 0 Å². The van der Waals surface area contributed by atoms with E-state index in [4.69, 9.17) is 0 Å². The average molecular weight is 233 g/mol. The number of hydrogen-bond acceptors (Lipinski definition) is 1. The molecule has 0 heterocycles. The molecule has 0 aromatic heterocycles. The molecule has 1 nitrogen and oxygen atoms in total. The van der Waals surface area contributed by atoms with Crippen LogP contribution in [0.1, 0.15) is 24.2 Å². The molecule has 0 amide bonds. The standard InChI is InChI=1S/C9H10BrFO/c1-6-3-4-8(10)5-9(6)7(2)12-11/h3-5,7H,1-2H3. The predicted molar refractivity (Wildman–Crippen MR) is 49.5 cm³/mol. The Labute approximate surface area is 79.6 Å². The van der Waals surface area contributed by atoms with Gasteiger partial charge in [-0.05, 0) is 41.6 Å². The SMILES string of the molecule is Cc1ccc(Br)cc1C(C)OF. The van der Waals surface area contributed by atoms with Gasteiger partial charge in [0.1, 0.15) is 6.10 Å². The van der Waals surface area contributed by atoms with Crippen LogP contribution < -0.4 is 0 Å². The molecule has 0 aliphatic heterocycles. The van der Waals surface area contributed by atoms with Crippen molar-refractivity contribution in [2.75, 3.05) is 0 Å². The van der Waals surface area contributed by atoms with Gasteiger partial charge in [0.25, 0.3) is 0 Å². The maximum Gasteiger partial charge on any atom is 0.121 e. The average Bonchev–Trinajstić information content (AvgIpc) is 2.08. The highest BCUT2D eigenvalue weighted by atomic mass is 79.9. The molecule has 0 saturated heterocycles. The molecule has 0 bridgehead atoms. The molecule has 0 aliphatic rings. The third kappa shape index (κ3) is 2.05. The Hall–Kier alpha value is -0.410. The van der Waals surface area contributed by atoms with Gasteiger partial charge in [-0.1, -0.05) is 22.0 Å². The smallest absolute Gasteiger partial charge is 0.121 e. The minimum absolute atomic E-state index is 0.498. The van der Waals surface area contributed by atoms with E-state index in [-0.39, 0.29) is 0 Å². The number of rotatable bonds is 2. The summed E-state index contributed by atoms with van der Waals surface area (Å²) in [5.41, 5.74) is 1.90. The molecule has 0 saturated carbocycles. The highest BCUT2D eigenvalue weighted by molar-refractivity contribution is 9.10. The molecule has 0 spiro atoms. The van der Waals surface area contributed by atoms with E-state index in [1.54, 1.807) is 6.92 Å². The van der Waals surface area contributed by atoms with Crippen LogP contribution in [-0.2, 0) is 4.94 Å². The number of aryl methyl sites for hydroxylation is 1. The third-order valence-electron chi connectivity index (χ3n) is 1.81. The Balaban J connectivity index is 3.04. The van der Waals surface area contributed by atoms with E-state index >= 15 is 0 Å². The van der Waals surface area contributed by atoms with Gasteiger partial charge < -0.3 is 0 Å². The summed E-state index contributed by atoms with van der Waals surface area (Å²) in [4.78, 5) is 3.75. The van der Waals surface area contributed by atoms with Crippen LogP contribution in [0.5, 0.6) is 0 Å². The van der Waals surface area contributed by atoms with Crippen molar-refractivity contribution in [2.45, 2.75) is 20.0 Å². The van der Waals surface area contributed by atoms with Crippen molar-refractivity contribution in [2.24, 2.45) is 0 Å². The minimum Gasteiger partial charge on any atom is -0.186 e. The summed E-state index contributed by atoms with van der Waals surface area (Å²) in [7, 11) is 0. The monoisotopic (exact) mass is 232 g/mol. The van der Waals surface area contributed by atoms with Gasteiger partial charge in [0.05, 0.1) is 0 Å². The van der Waals surface area contributed by atoms with Crippen LogP contribution in [0.15, 0.2) is 22.7 Å². The Kier molecular flexibility index (Phi) is 3.23. The van der Waals surface area contributed by atoms with Crippen LogP contribution in [0.4, 0.5) is 4.53 Å². The Morgan fingerprint density at radius 3 is 2.75 bits per heavy atom. The first kappa shape index (κ1) is 9.68. The number of benzene rings is 1. The van der Waals surface area contributed by atoms with Crippen molar-refractivity contribution in [3.63, 3.8) is 0 Å². The lowest BCUT2D eigenvalue weighted by Gasteiger charge is -2.09. The maximum atomic E-state index is 11.9. The highest BCUT2D eigenvalue weighted by Gasteiger charge is 2.09. The zero-order valence-corrected chi connectivity index (χ0v) is 8.56. The lowest BCUT2D eigenvalue weighted by atomic mass is 10.1. The topological polar surface area (TPSA) is 9.23 Å². The molecule has 66 valence electrons. The molecule has 0 radical (unpaired) electrons. The summed E-state index contributed by atoms with van der Waals surface area (Å²) < 4.78 is 12.8. The molecule has 1 unspecified atom stereocenters. The first-order valence-electron chi connectivity index (χ1n) is 3.68. The minimum atomic E-state index is -0.498. The zero-order valence-electron chi connectivity index (χ0n) is 6.97. The normalized spacial score (nSPS) is 13.0. The summed E-state index contributed by atoms with van der Waals surface area (Å²) in [6.07, 6.45) is -0.498. The fraction of sp³-hybridized carbons (Fsp3) is 0.333. The summed E-state index contributed by atoms with van der Waals surface area (Å²) >= 11 is 3.32. The van der Waals surface area contributed by atoms with Crippen molar-refractivity contribution in [3.8, 4) is 0 Å². The van der Waals surface area contributed by atoms with Crippen LogP contribution >= 0.6 is 15.9 Å². The quantitative estimate of drug-likeness (QED) is 0.756. The van der Waals surface area contributed by atoms with Crippen molar-refractivity contribution < 1.29 is 9.47 Å². The van der Waals surface area contributed by atoms with Crippen molar-refractivity contribution in [1.82, 2.24) is 0 Å². The third-order valence-corrected chi connectivity index (χ3v) is 2.31. The fourth-order valence-electron chi connectivity index (χ4n) is 1.10. The van der Waals surface area contributed by atoms with Gasteiger partial charge >= 0.3 is 0 Å². The van der Waals surface area contributed by atoms with E-state index in [0.29, 0.717) is 0 Å². The second-order valence-corrected chi connectivity index (χ2v) is 3.65. The van der Waals surface area contributed by atoms with Gasteiger partial charge in [0, 0.05) is 4.47 Å². The Bertz CT molecular complexity index is 275. The molecule has 0 fully saturated rings. The molecule has 1 aromatic rings. The number of hydrogen-bond donors (Lipinski definition) is 0. The first-order valence-corrected chi connectivity index (χ1v) is 4.48. The molecular weight excluding hydrogens is 223 g/mol. The first-order chi connectivity index (χ1) is 5.65. The Morgan fingerprint density at radius 1 is 1.50 bits per heavy atom. The lowest BCUT2D eigenvalue weighted by Crippen LogP contribution is -1.96. The van der Waals surface area contributed by atoms with Crippen LogP contribution in [0.3, 0.4) is 0 Å². The van der Waals surface area contributed by atoms with E-state index in [9.17, 15) is 4.53 Å². The van der Waals surface area contributed by atoms with Crippen molar-refractivity contribution in [1.29, 1.82) is 0 Å². The van der Waals surface area contributed by atoms with E-state index < -0.39 is 6.10 Å². The number of halogens is 2. The molecule has 0 aliphatic carbocycles. The van der Waals surface area contributed by atoms with Gasteiger partial charge in [-0.25, -0.2) is 0 Å². The van der Waals surface area contributed by atoms with Crippen LogP contribution in [-0.4, -0.2) is 0 Å². The Morgan fingerprint density at radius 2 is 2.17 bits per heavy atom. The van der Waals surface area contributed by atoms with Gasteiger partial charge in [0.15, 0.2) is 0 Å². The summed E-state index contributed by atoms with van der Waals surface area (Å²) in [5.74, 6) is 0. The van der Waals surface area contributed by atoms with Crippen LogP contribution in [0, 0.1) is 6.92 Å². The molecule has 0 N–H and O–H groups in total. The molecule has 1 atom stereocenters. The van der Waals surface area contributed by atoms with E-state index in [1.807, 2.05) is 25.1 Å². The fourth-order valence-corrected chi connectivity index (χ4v) is 1.48. The van der Waals surface area contributed by atoms with Gasteiger partial charge in [-0.15, -0.1) is 0 Å². The van der Waals surface area contributed by atoms with Crippen molar-refractivity contribution in [3.05, 3.63) is 33.8 Å². The van der Waals surface area contributed by atoms with E-state index in [0.717, 1.165) is 15.6 Å². The molecule has 3 heteroatoms. The predicted octanol–water partition coefficient (Wildman–Crippen LogP) is 3.72.